The Bertz CT molecular complexity index is 1630. The van der Waals surface area contributed by atoms with Gasteiger partial charge in [-0.05, 0) is 61.9 Å². The molecule has 38 heavy (non-hydrogen) atoms. The molecule has 2 aromatic heterocycles. The molecule has 1 aliphatic rings. The highest BCUT2D eigenvalue weighted by atomic mass is 19.1. The van der Waals surface area contributed by atoms with E-state index in [4.69, 9.17) is 4.42 Å². The van der Waals surface area contributed by atoms with Crippen LogP contribution < -0.4 is 10.2 Å². The number of nitrogens with zero attached hydrogens (tertiary/aromatic N) is 4. The van der Waals surface area contributed by atoms with Crippen molar-refractivity contribution in [3.8, 4) is 5.69 Å². The number of nitrogens with one attached hydrogen (secondary N) is 1. The summed E-state index contributed by atoms with van der Waals surface area (Å²) in [6, 6.07) is 20.4. The van der Waals surface area contributed by atoms with E-state index in [1.165, 1.54) is 24.7 Å². The van der Waals surface area contributed by atoms with Gasteiger partial charge in [0.2, 0.25) is 11.7 Å². The molecular formula is C29H24FN5O3. The van der Waals surface area contributed by atoms with Gasteiger partial charge in [-0.2, -0.15) is 5.10 Å². The molecule has 0 bridgehead atoms. The number of amides is 2. The molecule has 2 atom stereocenters. The summed E-state index contributed by atoms with van der Waals surface area (Å²) in [5.41, 5.74) is 2.18. The summed E-state index contributed by atoms with van der Waals surface area (Å²) in [6.45, 7) is 3.67. The average molecular weight is 510 g/mol. The molecule has 5 aromatic rings. The second kappa shape index (κ2) is 8.95. The van der Waals surface area contributed by atoms with Gasteiger partial charge in [0.05, 0.1) is 41.1 Å². The van der Waals surface area contributed by atoms with Gasteiger partial charge in [-0.3, -0.25) is 9.59 Å². The Hall–Kier alpha value is -4.79. The summed E-state index contributed by atoms with van der Waals surface area (Å²) in [6.07, 6.45) is 4.26. The van der Waals surface area contributed by atoms with E-state index >= 15 is 0 Å². The van der Waals surface area contributed by atoms with Crippen LogP contribution in [0, 0.1) is 11.2 Å². The molecule has 3 aromatic carbocycles. The normalized spacial score (nSPS) is 18.7. The molecule has 1 N–H and O–H groups in total. The maximum atomic E-state index is 14.0. The molecular weight excluding hydrogens is 485 g/mol. The van der Waals surface area contributed by atoms with Crippen LogP contribution in [0.2, 0.25) is 0 Å². The first kappa shape index (κ1) is 23.6. The third-order valence-corrected chi connectivity index (χ3v) is 7.13. The van der Waals surface area contributed by atoms with E-state index in [0.717, 1.165) is 22.2 Å². The zero-order valence-corrected chi connectivity index (χ0v) is 20.7. The number of rotatable bonds is 5. The maximum absolute atomic E-state index is 14.0. The molecule has 2 amide bonds. The van der Waals surface area contributed by atoms with Crippen molar-refractivity contribution >= 4 is 28.4 Å². The fourth-order valence-electron chi connectivity index (χ4n) is 5.14. The lowest BCUT2D eigenvalue weighted by Crippen LogP contribution is -2.46. The van der Waals surface area contributed by atoms with Crippen molar-refractivity contribution in [2.75, 3.05) is 4.90 Å². The summed E-state index contributed by atoms with van der Waals surface area (Å²) < 4.78 is 20.4. The molecule has 1 aliphatic heterocycles. The Morgan fingerprint density at radius 2 is 1.74 bits per heavy atom. The van der Waals surface area contributed by atoms with Crippen LogP contribution in [0.25, 0.3) is 16.6 Å². The van der Waals surface area contributed by atoms with Gasteiger partial charge in [-0.15, -0.1) is 0 Å². The number of carbonyl (C=O) groups excluding carboxylic acids is 2. The zero-order valence-electron chi connectivity index (χ0n) is 20.7. The van der Waals surface area contributed by atoms with E-state index in [2.05, 4.69) is 15.4 Å². The summed E-state index contributed by atoms with van der Waals surface area (Å²) in [4.78, 5) is 32.5. The summed E-state index contributed by atoms with van der Waals surface area (Å²) in [5, 5.41) is 8.34. The Morgan fingerprint density at radius 3 is 2.45 bits per heavy atom. The van der Waals surface area contributed by atoms with E-state index in [9.17, 15) is 14.0 Å². The summed E-state index contributed by atoms with van der Waals surface area (Å²) >= 11 is 0. The third kappa shape index (κ3) is 3.83. The van der Waals surface area contributed by atoms with Gasteiger partial charge < -0.3 is 14.6 Å². The number of oxazole rings is 1. The lowest BCUT2D eigenvalue weighted by molar-refractivity contribution is -0.124. The molecule has 0 aliphatic carbocycles. The van der Waals surface area contributed by atoms with Crippen molar-refractivity contribution in [1.29, 1.82) is 0 Å². The van der Waals surface area contributed by atoms with Gasteiger partial charge in [0.1, 0.15) is 5.82 Å². The predicted octanol–water partition coefficient (Wildman–Crippen LogP) is 5.07. The fourth-order valence-corrected chi connectivity index (χ4v) is 5.14. The topological polar surface area (TPSA) is 93.3 Å². The molecule has 3 heterocycles. The van der Waals surface area contributed by atoms with E-state index in [1.54, 1.807) is 27.9 Å². The first-order valence-corrected chi connectivity index (χ1v) is 12.2. The molecule has 0 saturated carbocycles. The van der Waals surface area contributed by atoms with Gasteiger partial charge in [0.25, 0.3) is 5.91 Å². The molecule has 6 rings (SSSR count). The monoisotopic (exact) mass is 509 g/mol. The number of hydrogen-bond acceptors (Lipinski definition) is 5. The van der Waals surface area contributed by atoms with Crippen molar-refractivity contribution in [3.05, 3.63) is 109 Å². The molecule has 8 nitrogen and oxygen atoms in total. The first-order valence-electron chi connectivity index (χ1n) is 12.2. The van der Waals surface area contributed by atoms with Gasteiger partial charge in [-0.1, -0.05) is 30.3 Å². The van der Waals surface area contributed by atoms with Crippen LogP contribution in [0.1, 0.15) is 36.0 Å². The summed E-state index contributed by atoms with van der Waals surface area (Å²) in [7, 11) is 0. The molecule has 9 heteroatoms. The number of aromatic nitrogens is 3. The van der Waals surface area contributed by atoms with Crippen LogP contribution in [0.4, 0.5) is 10.1 Å². The van der Waals surface area contributed by atoms with Gasteiger partial charge in [-0.25, -0.2) is 14.1 Å². The second-order valence-electron chi connectivity index (χ2n) is 9.85. The second-order valence-corrected chi connectivity index (χ2v) is 9.85. The fraction of sp³-hybridized carbons (Fsp3) is 0.172. The summed E-state index contributed by atoms with van der Waals surface area (Å²) in [5.74, 6) is -0.806. The van der Waals surface area contributed by atoms with Crippen molar-refractivity contribution < 1.29 is 18.4 Å². The number of anilines is 1. The SMILES string of the molecule is CC1(C)C(=O)N(c2ccc3c(cnn3-c3ccc(F)cc3)c2)[C@@H](c2ccccc2)[C@@H]1NC(=O)c1cnco1. The van der Waals surface area contributed by atoms with Gasteiger partial charge in [0, 0.05) is 11.1 Å². The lowest BCUT2D eigenvalue weighted by Gasteiger charge is -2.30. The van der Waals surface area contributed by atoms with Crippen LogP contribution in [0.15, 0.2) is 96.0 Å². The van der Waals surface area contributed by atoms with E-state index in [1.807, 2.05) is 62.4 Å². The van der Waals surface area contributed by atoms with Crippen molar-refractivity contribution in [1.82, 2.24) is 20.1 Å². The molecule has 1 saturated heterocycles. The van der Waals surface area contributed by atoms with E-state index in [-0.39, 0.29) is 17.5 Å². The molecule has 0 spiro atoms. The average Bonchev–Trinajstić information content (AvgIpc) is 3.65. The smallest absolute Gasteiger partial charge is 0.289 e. The first-order chi connectivity index (χ1) is 18.3. The van der Waals surface area contributed by atoms with Crippen molar-refractivity contribution in [2.24, 2.45) is 5.41 Å². The molecule has 0 radical (unpaired) electrons. The highest BCUT2D eigenvalue weighted by Crippen LogP contribution is 2.47. The third-order valence-electron chi connectivity index (χ3n) is 7.13. The van der Waals surface area contributed by atoms with Crippen LogP contribution >= 0.6 is 0 Å². The van der Waals surface area contributed by atoms with Crippen LogP contribution in [0.5, 0.6) is 0 Å². The largest absolute Gasteiger partial charge is 0.438 e. The van der Waals surface area contributed by atoms with Crippen molar-refractivity contribution in [3.63, 3.8) is 0 Å². The number of benzene rings is 3. The highest BCUT2D eigenvalue weighted by molar-refractivity contribution is 6.04. The molecule has 0 unspecified atom stereocenters. The minimum absolute atomic E-state index is 0.0770. The minimum Gasteiger partial charge on any atom is -0.438 e. The van der Waals surface area contributed by atoms with Crippen LogP contribution in [-0.2, 0) is 4.79 Å². The van der Waals surface area contributed by atoms with Gasteiger partial charge in [0.15, 0.2) is 6.39 Å². The quantitative estimate of drug-likeness (QED) is 0.357. The molecule has 190 valence electrons. The predicted molar refractivity (Wildman–Crippen MR) is 139 cm³/mol. The molecule has 1 fully saturated rings. The number of carbonyl (C=O) groups is 2. The van der Waals surface area contributed by atoms with E-state index in [0.29, 0.717) is 5.69 Å². The van der Waals surface area contributed by atoms with Crippen LogP contribution in [0.3, 0.4) is 0 Å². The Kier molecular flexibility index (Phi) is 5.56. The number of hydrogen-bond donors (Lipinski definition) is 1. The Labute approximate surface area is 217 Å². The van der Waals surface area contributed by atoms with Gasteiger partial charge >= 0.3 is 0 Å². The van der Waals surface area contributed by atoms with Crippen molar-refractivity contribution in [2.45, 2.75) is 25.9 Å². The number of fused-ring (bicyclic) bond motifs is 1. The maximum Gasteiger partial charge on any atom is 0.289 e. The Morgan fingerprint density at radius 1 is 1.00 bits per heavy atom. The zero-order chi connectivity index (χ0) is 26.4. The number of halogens is 1. The van der Waals surface area contributed by atoms with E-state index < -0.39 is 23.4 Å². The lowest BCUT2D eigenvalue weighted by atomic mass is 9.82. The Balaban J connectivity index is 1.43. The highest BCUT2D eigenvalue weighted by Gasteiger charge is 2.55. The minimum atomic E-state index is -0.927. The van der Waals surface area contributed by atoms with Crippen LogP contribution in [-0.4, -0.2) is 32.6 Å². The standard InChI is InChI=1S/C29H24FN5O3/c1-29(2)26(33-27(36)24-16-31-17-38-24)25(18-6-4-3-5-7-18)34(28(29)37)22-12-13-23-19(14-22)15-32-35(23)21-10-8-20(30)9-11-21/h3-17,25-26H,1-2H3,(H,33,36)/t25-,26-/m0/s1.